The van der Waals surface area contributed by atoms with Gasteiger partial charge in [-0.2, -0.15) is 0 Å². The van der Waals surface area contributed by atoms with E-state index in [-0.39, 0.29) is 35.6 Å². The third-order valence-corrected chi connectivity index (χ3v) is 6.09. The predicted molar refractivity (Wildman–Crippen MR) is 112 cm³/mol. The van der Waals surface area contributed by atoms with Crippen LogP contribution in [0.2, 0.25) is 0 Å². The lowest BCUT2D eigenvalue weighted by atomic mass is 9.85. The van der Waals surface area contributed by atoms with Crippen LogP contribution in [0, 0.1) is 11.7 Å². The average molecular weight is 410 g/mol. The molecule has 2 amide bonds. The van der Waals surface area contributed by atoms with Gasteiger partial charge in [-0.15, -0.1) is 0 Å². The molecular weight excluding hydrogens is 383 g/mol. The first-order chi connectivity index (χ1) is 14.5. The lowest BCUT2D eigenvalue weighted by molar-refractivity contribution is -0.135. The standard InChI is InChI=1S/C23H27FN4O2/c24-18-3-1-2-16(12-18)21-9-6-17(13-26-21)22(29)27-20-7-4-15(5-8-20)23(30)28-11-10-19(25)14-28/h1-3,6,9,12-13,15,19-20H,4-5,7-8,10-11,14,25H2,(H,27,29)/t15-,19-,20-/m1/s1. The molecule has 1 saturated heterocycles. The van der Waals surface area contributed by atoms with Crippen LogP contribution in [0.4, 0.5) is 4.39 Å². The second-order valence-electron chi connectivity index (χ2n) is 8.30. The van der Waals surface area contributed by atoms with Gasteiger partial charge in [0.1, 0.15) is 5.82 Å². The van der Waals surface area contributed by atoms with E-state index in [9.17, 15) is 14.0 Å². The molecule has 2 aliphatic rings. The molecule has 1 aromatic heterocycles. The maximum atomic E-state index is 13.4. The maximum Gasteiger partial charge on any atom is 0.253 e. The number of carbonyl (C=O) groups is 2. The summed E-state index contributed by atoms with van der Waals surface area (Å²) in [7, 11) is 0. The number of carbonyl (C=O) groups excluding carboxylic acids is 2. The first-order valence-corrected chi connectivity index (χ1v) is 10.6. The number of aromatic nitrogens is 1. The Morgan fingerprint density at radius 2 is 1.90 bits per heavy atom. The Bertz CT molecular complexity index is 910. The molecule has 2 fully saturated rings. The van der Waals surface area contributed by atoms with Gasteiger partial charge in [0.05, 0.1) is 11.3 Å². The number of nitrogens with one attached hydrogen (secondary N) is 1. The molecule has 1 saturated carbocycles. The van der Waals surface area contributed by atoms with Gasteiger partial charge in [-0.25, -0.2) is 4.39 Å². The quantitative estimate of drug-likeness (QED) is 0.811. The topological polar surface area (TPSA) is 88.3 Å². The minimum atomic E-state index is -0.321. The molecule has 0 bridgehead atoms. The van der Waals surface area contributed by atoms with Crippen LogP contribution >= 0.6 is 0 Å². The molecule has 1 aliphatic heterocycles. The van der Waals surface area contributed by atoms with Crippen molar-refractivity contribution in [3.63, 3.8) is 0 Å². The molecule has 1 aromatic carbocycles. The van der Waals surface area contributed by atoms with Crippen molar-refractivity contribution in [1.29, 1.82) is 0 Å². The zero-order chi connectivity index (χ0) is 21.1. The summed E-state index contributed by atoms with van der Waals surface area (Å²) in [5.74, 6) is -0.244. The Morgan fingerprint density at radius 3 is 2.53 bits per heavy atom. The monoisotopic (exact) mass is 410 g/mol. The highest BCUT2D eigenvalue weighted by Gasteiger charge is 2.32. The van der Waals surface area contributed by atoms with E-state index < -0.39 is 0 Å². The first-order valence-electron chi connectivity index (χ1n) is 10.6. The van der Waals surface area contributed by atoms with Crippen LogP contribution in [-0.2, 0) is 4.79 Å². The fourth-order valence-corrected chi connectivity index (χ4v) is 4.35. The molecule has 1 aliphatic carbocycles. The van der Waals surface area contributed by atoms with Gasteiger partial charge >= 0.3 is 0 Å². The Labute approximate surface area is 175 Å². The summed E-state index contributed by atoms with van der Waals surface area (Å²) in [6, 6.07) is 9.79. The van der Waals surface area contributed by atoms with Crippen LogP contribution in [-0.4, -0.2) is 46.9 Å². The highest BCUT2D eigenvalue weighted by Crippen LogP contribution is 2.27. The second-order valence-corrected chi connectivity index (χ2v) is 8.30. The fraction of sp³-hybridized carbons (Fsp3) is 0.435. The largest absolute Gasteiger partial charge is 0.349 e. The number of amides is 2. The van der Waals surface area contributed by atoms with E-state index in [2.05, 4.69) is 10.3 Å². The number of rotatable bonds is 4. The predicted octanol–water partition coefficient (Wildman–Crippen LogP) is 2.74. The summed E-state index contributed by atoms with van der Waals surface area (Å²) in [6.07, 6.45) is 5.54. The lowest BCUT2D eigenvalue weighted by Crippen LogP contribution is -2.42. The average Bonchev–Trinajstić information content (AvgIpc) is 3.20. The van der Waals surface area contributed by atoms with Crippen molar-refractivity contribution in [3.8, 4) is 11.3 Å². The molecule has 3 N–H and O–H groups in total. The van der Waals surface area contributed by atoms with E-state index in [0.717, 1.165) is 38.6 Å². The van der Waals surface area contributed by atoms with E-state index in [1.807, 2.05) is 4.90 Å². The SMILES string of the molecule is N[C@@H]1CCN(C(=O)[C@H]2CC[C@H](NC(=O)c3ccc(-c4cccc(F)c4)nc3)CC2)C1. The van der Waals surface area contributed by atoms with Crippen molar-refractivity contribution < 1.29 is 14.0 Å². The van der Waals surface area contributed by atoms with E-state index in [1.54, 1.807) is 24.3 Å². The molecular formula is C23H27FN4O2. The molecule has 0 spiro atoms. The van der Waals surface area contributed by atoms with Crippen LogP contribution in [0.25, 0.3) is 11.3 Å². The first kappa shape index (κ1) is 20.5. The van der Waals surface area contributed by atoms with Crippen LogP contribution in [0.1, 0.15) is 42.5 Å². The summed E-state index contributed by atoms with van der Waals surface area (Å²) in [5.41, 5.74) is 7.67. The van der Waals surface area contributed by atoms with Crippen molar-refractivity contribution in [2.75, 3.05) is 13.1 Å². The van der Waals surface area contributed by atoms with Crippen molar-refractivity contribution >= 4 is 11.8 Å². The van der Waals surface area contributed by atoms with E-state index >= 15 is 0 Å². The highest BCUT2D eigenvalue weighted by atomic mass is 19.1. The van der Waals surface area contributed by atoms with Crippen LogP contribution in [0.3, 0.4) is 0 Å². The summed E-state index contributed by atoms with van der Waals surface area (Å²) in [5, 5.41) is 3.06. The third kappa shape index (κ3) is 4.67. The smallest absolute Gasteiger partial charge is 0.253 e. The number of nitrogens with zero attached hydrogens (tertiary/aromatic N) is 2. The number of hydrogen-bond acceptors (Lipinski definition) is 4. The highest BCUT2D eigenvalue weighted by molar-refractivity contribution is 5.94. The third-order valence-electron chi connectivity index (χ3n) is 6.09. The normalized spacial score (nSPS) is 23.9. The van der Waals surface area contributed by atoms with Gasteiger partial charge in [-0.05, 0) is 56.4 Å². The van der Waals surface area contributed by atoms with Crippen molar-refractivity contribution in [3.05, 3.63) is 54.0 Å². The molecule has 158 valence electrons. The second kappa shape index (κ2) is 8.92. The summed E-state index contributed by atoms with van der Waals surface area (Å²) in [4.78, 5) is 31.4. The van der Waals surface area contributed by atoms with Gasteiger partial charge in [0.25, 0.3) is 5.91 Å². The van der Waals surface area contributed by atoms with Crippen LogP contribution < -0.4 is 11.1 Å². The molecule has 6 nitrogen and oxygen atoms in total. The van der Waals surface area contributed by atoms with E-state index in [4.69, 9.17) is 5.73 Å². The van der Waals surface area contributed by atoms with Crippen molar-refractivity contribution in [2.24, 2.45) is 11.7 Å². The number of hydrogen-bond donors (Lipinski definition) is 2. The Balaban J connectivity index is 1.29. The zero-order valence-electron chi connectivity index (χ0n) is 16.9. The molecule has 2 heterocycles. The fourth-order valence-electron chi connectivity index (χ4n) is 4.35. The Kier molecular flexibility index (Phi) is 6.08. The van der Waals surface area contributed by atoms with Crippen molar-refractivity contribution in [1.82, 2.24) is 15.2 Å². The van der Waals surface area contributed by atoms with Gasteiger partial charge in [0.2, 0.25) is 5.91 Å². The van der Waals surface area contributed by atoms with E-state index in [0.29, 0.717) is 23.4 Å². The summed E-state index contributed by atoms with van der Waals surface area (Å²) in [6.45, 7) is 1.42. The molecule has 7 heteroatoms. The minimum absolute atomic E-state index is 0.0377. The molecule has 0 radical (unpaired) electrons. The number of pyridine rings is 1. The molecule has 30 heavy (non-hydrogen) atoms. The summed E-state index contributed by atoms with van der Waals surface area (Å²) >= 11 is 0. The Morgan fingerprint density at radius 1 is 1.10 bits per heavy atom. The number of halogens is 1. The van der Waals surface area contributed by atoms with Crippen LogP contribution in [0.5, 0.6) is 0 Å². The van der Waals surface area contributed by atoms with Crippen molar-refractivity contribution in [2.45, 2.75) is 44.2 Å². The van der Waals surface area contributed by atoms with Gasteiger partial charge in [-0.1, -0.05) is 12.1 Å². The minimum Gasteiger partial charge on any atom is -0.349 e. The molecule has 4 rings (SSSR count). The van der Waals surface area contributed by atoms with Gasteiger partial charge in [0, 0.05) is 42.9 Å². The zero-order valence-corrected chi connectivity index (χ0v) is 16.9. The molecule has 1 atom stereocenters. The van der Waals surface area contributed by atoms with Gasteiger partial charge < -0.3 is 16.0 Å². The number of benzene rings is 1. The maximum absolute atomic E-state index is 13.4. The summed E-state index contributed by atoms with van der Waals surface area (Å²) < 4.78 is 13.4. The van der Waals surface area contributed by atoms with E-state index in [1.165, 1.54) is 18.3 Å². The number of nitrogens with two attached hydrogens (primary N) is 1. The lowest BCUT2D eigenvalue weighted by Gasteiger charge is -2.31. The van der Waals surface area contributed by atoms with Crippen LogP contribution in [0.15, 0.2) is 42.6 Å². The molecule has 2 aromatic rings. The van der Waals surface area contributed by atoms with Gasteiger partial charge in [-0.3, -0.25) is 14.6 Å². The van der Waals surface area contributed by atoms with Gasteiger partial charge in [0.15, 0.2) is 0 Å². The molecule has 0 unspecified atom stereocenters. The Hall–Kier alpha value is -2.80. The number of likely N-dealkylation sites (tertiary alicyclic amines) is 1.